The number of thioether (sulfide) groups is 1. The van der Waals surface area contributed by atoms with Gasteiger partial charge in [-0.25, -0.2) is 0 Å². The van der Waals surface area contributed by atoms with Gasteiger partial charge >= 0.3 is 0 Å². The summed E-state index contributed by atoms with van der Waals surface area (Å²) in [7, 11) is 1.60. The van der Waals surface area contributed by atoms with E-state index in [-0.39, 0.29) is 11.3 Å². The molecule has 0 aliphatic carbocycles. The van der Waals surface area contributed by atoms with Crippen molar-refractivity contribution in [3.8, 4) is 17.2 Å². The molecule has 0 aromatic heterocycles. The first kappa shape index (κ1) is 26.6. The molecular weight excluding hydrogens is 581 g/mol. The molecule has 0 radical (unpaired) electrons. The number of ether oxygens (including phenoxy) is 3. The SMILES string of the molecule is C=CCN1C(=O)/C(=C/c2cc(I)c(OCCOc3ccc(C(C)(C)C)cc3)c(OC)c2)SC1=S. The van der Waals surface area contributed by atoms with E-state index in [1.165, 1.54) is 22.2 Å². The summed E-state index contributed by atoms with van der Waals surface area (Å²) in [6.07, 6.45) is 3.48. The van der Waals surface area contributed by atoms with Crippen LogP contribution in [0.5, 0.6) is 17.2 Å². The van der Waals surface area contributed by atoms with Crippen molar-refractivity contribution in [1.82, 2.24) is 4.90 Å². The van der Waals surface area contributed by atoms with Gasteiger partial charge in [-0.3, -0.25) is 9.69 Å². The van der Waals surface area contributed by atoms with Crippen LogP contribution in [0.25, 0.3) is 6.08 Å². The van der Waals surface area contributed by atoms with Crippen LogP contribution in [-0.2, 0) is 10.2 Å². The fraction of sp³-hybridized carbons (Fsp3) is 0.308. The third kappa shape index (κ3) is 6.55. The number of carbonyl (C=O) groups excluding carboxylic acids is 1. The van der Waals surface area contributed by atoms with E-state index in [2.05, 4.69) is 62.1 Å². The van der Waals surface area contributed by atoms with Gasteiger partial charge in [0.1, 0.15) is 23.3 Å². The van der Waals surface area contributed by atoms with Crippen LogP contribution in [0.3, 0.4) is 0 Å². The highest BCUT2D eigenvalue weighted by atomic mass is 127. The molecule has 34 heavy (non-hydrogen) atoms. The molecule has 1 aliphatic heterocycles. The van der Waals surface area contributed by atoms with E-state index < -0.39 is 0 Å². The summed E-state index contributed by atoms with van der Waals surface area (Å²) in [5.41, 5.74) is 2.21. The first-order valence-electron chi connectivity index (χ1n) is 10.7. The second-order valence-electron chi connectivity index (χ2n) is 8.59. The molecule has 8 heteroatoms. The number of hydrogen-bond acceptors (Lipinski definition) is 6. The lowest BCUT2D eigenvalue weighted by atomic mass is 9.87. The van der Waals surface area contributed by atoms with Crippen LogP contribution in [-0.4, -0.2) is 42.0 Å². The summed E-state index contributed by atoms with van der Waals surface area (Å²) in [4.78, 5) is 14.7. The Labute approximate surface area is 224 Å². The molecule has 5 nitrogen and oxygen atoms in total. The summed E-state index contributed by atoms with van der Waals surface area (Å²) >= 11 is 8.80. The van der Waals surface area contributed by atoms with E-state index in [1.807, 2.05) is 30.3 Å². The van der Waals surface area contributed by atoms with Crippen LogP contribution in [0.15, 0.2) is 54.0 Å². The van der Waals surface area contributed by atoms with E-state index >= 15 is 0 Å². The highest BCUT2D eigenvalue weighted by molar-refractivity contribution is 14.1. The van der Waals surface area contributed by atoms with Gasteiger partial charge in [-0.2, -0.15) is 0 Å². The molecule has 0 saturated carbocycles. The zero-order chi connectivity index (χ0) is 24.9. The van der Waals surface area contributed by atoms with E-state index in [0.717, 1.165) is 14.9 Å². The summed E-state index contributed by atoms with van der Waals surface area (Å²) in [6, 6.07) is 11.9. The smallest absolute Gasteiger partial charge is 0.266 e. The zero-order valence-electron chi connectivity index (χ0n) is 19.7. The molecule has 180 valence electrons. The summed E-state index contributed by atoms with van der Waals surface area (Å²) in [6.45, 7) is 11.4. The first-order valence-corrected chi connectivity index (χ1v) is 13.0. The van der Waals surface area contributed by atoms with Gasteiger partial charge in [0.05, 0.1) is 15.6 Å². The molecule has 0 spiro atoms. The molecule has 0 atom stereocenters. The number of thiocarbonyl (C=S) groups is 1. The van der Waals surface area contributed by atoms with E-state index in [9.17, 15) is 4.79 Å². The minimum Gasteiger partial charge on any atom is -0.493 e. The molecule has 0 bridgehead atoms. The lowest BCUT2D eigenvalue weighted by Crippen LogP contribution is -2.27. The Hall–Kier alpha value is -2.04. The molecule has 0 N–H and O–H groups in total. The van der Waals surface area contributed by atoms with Gasteiger partial charge in [0.2, 0.25) is 0 Å². The Bertz CT molecular complexity index is 1110. The van der Waals surface area contributed by atoms with E-state index in [4.69, 9.17) is 26.4 Å². The van der Waals surface area contributed by atoms with Crippen molar-refractivity contribution in [2.75, 3.05) is 26.9 Å². The molecule has 3 rings (SSSR count). The Morgan fingerprint density at radius 1 is 1.15 bits per heavy atom. The highest BCUT2D eigenvalue weighted by Gasteiger charge is 2.31. The average molecular weight is 610 g/mol. The quantitative estimate of drug-likeness (QED) is 0.107. The Morgan fingerprint density at radius 3 is 2.44 bits per heavy atom. The fourth-order valence-electron chi connectivity index (χ4n) is 3.26. The maximum atomic E-state index is 12.6. The summed E-state index contributed by atoms with van der Waals surface area (Å²) in [5, 5.41) is 0. The third-order valence-electron chi connectivity index (χ3n) is 5.05. The van der Waals surface area contributed by atoms with Crippen molar-refractivity contribution in [3.05, 3.63) is 68.7 Å². The van der Waals surface area contributed by atoms with Crippen molar-refractivity contribution in [2.45, 2.75) is 26.2 Å². The standard InChI is InChI=1S/C26H28INO4S2/c1-6-11-28-24(29)22(34-25(28)33)16-17-14-20(27)23(21(15-17)30-5)32-13-12-31-19-9-7-18(8-10-19)26(2,3)4/h6-10,14-16H,1,11-13H2,2-5H3/b22-16-. The predicted molar refractivity (Wildman–Crippen MR) is 152 cm³/mol. The number of hydrogen-bond donors (Lipinski definition) is 0. The number of nitrogens with zero attached hydrogens (tertiary/aromatic N) is 1. The lowest BCUT2D eigenvalue weighted by molar-refractivity contribution is -0.121. The van der Waals surface area contributed by atoms with Gasteiger partial charge in [0, 0.05) is 6.54 Å². The number of methoxy groups -OCH3 is 1. The van der Waals surface area contributed by atoms with Crippen LogP contribution >= 0.6 is 46.6 Å². The van der Waals surface area contributed by atoms with Crippen molar-refractivity contribution in [2.24, 2.45) is 0 Å². The van der Waals surface area contributed by atoms with Gasteiger partial charge in [0.25, 0.3) is 5.91 Å². The maximum absolute atomic E-state index is 12.6. The Balaban J connectivity index is 1.64. The minimum absolute atomic E-state index is 0.109. The largest absolute Gasteiger partial charge is 0.493 e. The monoisotopic (exact) mass is 609 g/mol. The van der Waals surface area contributed by atoms with Gasteiger partial charge < -0.3 is 14.2 Å². The molecule has 1 saturated heterocycles. The lowest BCUT2D eigenvalue weighted by Gasteiger charge is -2.19. The Kier molecular flexibility index (Phi) is 9.06. The summed E-state index contributed by atoms with van der Waals surface area (Å²) in [5.74, 6) is 1.93. The zero-order valence-corrected chi connectivity index (χ0v) is 23.5. The number of rotatable bonds is 9. The number of carbonyl (C=O) groups is 1. The van der Waals surface area contributed by atoms with Crippen LogP contribution < -0.4 is 14.2 Å². The summed E-state index contributed by atoms with van der Waals surface area (Å²) < 4.78 is 18.8. The third-order valence-corrected chi connectivity index (χ3v) is 7.23. The molecule has 1 fully saturated rings. The van der Waals surface area contributed by atoms with Crippen LogP contribution in [0.2, 0.25) is 0 Å². The van der Waals surface area contributed by atoms with Crippen molar-refractivity contribution in [1.29, 1.82) is 0 Å². The van der Waals surface area contributed by atoms with Gasteiger partial charge in [-0.05, 0) is 69.5 Å². The molecule has 2 aromatic rings. The number of amides is 1. The fourth-order valence-corrected chi connectivity index (χ4v) is 5.31. The second-order valence-corrected chi connectivity index (χ2v) is 11.4. The molecule has 1 heterocycles. The Morgan fingerprint density at radius 2 is 1.82 bits per heavy atom. The number of halogens is 1. The van der Waals surface area contributed by atoms with E-state index in [0.29, 0.717) is 40.5 Å². The van der Waals surface area contributed by atoms with Crippen molar-refractivity contribution >= 4 is 62.9 Å². The minimum atomic E-state index is -0.114. The first-order chi connectivity index (χ1) is 16.1. The van der Waals surface area contributed by atoms with Crippen LogP contribution in [0.4, 0.5) is 0 Å². The molecule has 2 aromatic carbocycles. The van der Waals surface area contributed by atoms with Crippen LogP contribution in [0.1, 0.15) is 31.9 Å². The number of benzene rings is 2. The normalized spacial score (nSPS) is 15.1. The topological polar surface area (TPSA) is 48.0 Å². The predicted octanol–water partition coefficient (Wildman–Crippen LogP) is 6.44. The highest BCUT2D eigenvalue weighted by Crippen LogP contribution is 2.37. The molecule has 1 amide bonds. The maximum Gasteiger partial charge on any atom is 0.266 e. The van der Waals surface area contributed by atoms with Gasteiger partial charge in [-0.15, -0.1) is 6.58 Å². The second kappa shape index (κ2) is 11.6. The van der Waals surface area contributed by atoms with Gasteiger partial charge in [-0.1, -0.05) is 63.0 Å². The molecule has 1 aliphatic rings. The van der Waals surface area contributed by atoms with Crippen molar-refractivity contribution in [3.63, 3.8) is 0 Å². The van der Waals surface area contributed by atoms with Crippen molar-refractivity contribution < 1.29 is 19.0 Å². The van der Waals surface area contributed by atoms with Gasteiger partial charge in [0.15, 0.2) is 11.5 Å². The molecule has 0 unspecified atom stereocenters. The average Bonchev–Trinajstić information content (AvgIpc) is 3.04. The van der Waals surface area contributed by atoms with E-state index in [1.54, 1.807) is 13.2 Å². The van der Waals surface area contributed by atoms with Crippen LogP contribution in [0, 0.1) is 3.57 Å². The molecular formula is C26H28INO4S2.